The maximum absolute atomic E-state index is 11.6. The SMILES string of the molecule is COCCCC(=O)NCCCCC(NC(=O)CCCOC)C(=O)O.COCCCC(=O)ON1C(=O)CCC1=O.NCCCCC(N)C(=O)O. The van der Waals surface area contributed by atoms with Crippen LogP contribution in [-0.4, -0.2) is 123 Å². The number of nitrogens with one attached hydrogen (secondary N) is 2. The normalized spacial score (nSPS) is 13.3. The van der Waals surface area contributed by atoms with Crippen molar-refractivity contribution in [2.45, 2.75) is 102 Å². The summed E-state index contributed by atoms with van der Waals surface area (Å²) < 4.78 is 14.5. The predicted octanol–water partition coefficient (Wildman–Crippen LogP) is 0.243. The van der Waals surface area contributed by atoms with E-state index >= 15 is 0 Å². The molecule has 4 amide bonds. The lowest BCUT2D eigenvalue weighted by Crippen LogP contribution is -2.40. The highest BCUT2D eigenvalue weighted by Gasteiger charge is 2.32. The number of carboxylic acids is 2. The number of carboxylic acid groups (broad SMARTS) is 2. The van der Waals surface area contributed by atoms with Crippen LogP contribution < -0.4 is 22.1 Å². The second-order valence-corrected chi connectivity index (χ2v) is 10.9. The van der Waals surface area contributed by atoms with E-state index in [9.17, 15) is 33.6 Å². The standard InChI is InChI=1S/C16H30N2O6.C9H13NO5.C6H14N2O2/c1-23-11-5-8-14(19)17-10-4-3-7-13(16(21)22)18-15(20)9-6-12-24-2;1-14-6-2-3-9(13)15-10-7(11)4-5-8(10)12;7-4-2-1-3-5(8)6(9)10/h13H,3-12H2,1-2H3,(H,17,19)(H,18,20)(H,21,22);2-6H2,1H3;5H,1-4,7-8H2,(H,9,10). The maximum Gasteiger partial charge on any atom is 0.333 e. The summed E-state index contributed by atoms with van der Waals surface area (Å²) in [4.78, 5) is 82.3. The summed E-state index contributed by atoms with van der Waals surface area (Å²) >= 11 is 0. The van der Waals surface area contributed by atoms with Gasteiger partial charge in [-0.3, -0.25) is 24.0 Å². The second-order valence-electron chi connectivity index (χ2n) is 10.9. The Balaban J connectivity index is 0. The first-order valence-electron chi connectivity index (χ1n) is 16.3. The van der Waals surface area contributed by atoms with Crippen LogP contribution in [-0.2, 0) is 52.6 Å². The van der Waals surface area contributed by atoms with E-state index in [1.165, 1.54) is 7.11 Å². The summed E-state index contributed by atoms with van der Waals surface area (Å²) in [6.07, 6.45) is 6.54. The summed E-state index contributed by atoms with van der Waals surface area (Å²) in [5.41, 5.74) is 10.4. The number of hydrogen-bond acceptors (Lipinski definition) is 13. The van der Waals surface area contributed by atoms with Gasteiger partial charge in [0.05, 0.1) is 6.42 Å². The Hall–Kier alpha value is -3.71. The first-order chi connectivity index (χ1) is 23.3. The highest BCUT2D eigenvalue weighted by atomic mass is 16.7. The highest BCUT2D eigenvalue weighted by molar-refractivity contribution is 6.01. The Kier molecular flexibility index (Phi) is 30.5. The number of carbonyl (C=O) groups excluding carboxylic acids is 5. The van der Waals surface area contributed by atoms with Gasteiger partial charge in [-0.05, 0) is 57.9 Å². The predicted molar refractivity (Wildman–Crippen MR) is 175 cm³/mol. The van der Waals surface area contributed by atoms with Crippen LogP contribution in [0.3, 0.4) is 0 Å². The van der Waals surface area contributed by atoms with Crippen molar-refractivity contribution in [2.75, 3.05) is 54.2 Å². The van der Waals surface area contributed by atoms with Crippen molar-refractivity contribution in [3.8, 4) is 0 Å². The number of hydrogen-bond donors (Lipinski definition) is 6. The minimum atomic E-state index is -1.04. The molecule has 1 aliphatic rings. The molecular formula is C31H57N5O13. The molecule has 0 spiro atoms. The average Bonchev–Trinajstić information content (AvgIpc) is 3.37. The van der Waals surface area contributed by atoms with Gasteiger partial charge < -0.3 is 51.4 Å². The van der Waals surface area contributed by atoms with Crippen molar-refractivity contribution in [1.82, 2.24) is 15.7 Å². The summed E-state index contributed by atoms with van der Waals surface area (Å²) in [5.74, 6) is -3.80. The van der Waals surface area contributed by atoms with E-state index in [0.717, 1.165) is 12.8 Å². The molecule has 0 aliphatic carbocycles. The third-order valence-corrected chi connectivity index (χ3v) is 6.59. The average molecular weight is 708 g/mol. The molecule has 18 nitrogen and oxygen atoms in total. The van der Waals surface area contributed by atoms with Gasteiger partial charge in [-0.15, -0.1) is 5.06 Å². The number of carbonyl (C=O) groups is 7. The Morgan fingerprint density at radius 2 is 1.24 bits per heavy atom. The molecule has 284 valence electrons. The highest BCUT2D eigenvalue weighted by Crippen LogP contribution is 2.13. The lowest BCUT2D eigenvalue weighted by molar-refractivity contribution is -0.197. The number of nitrogens with zero attached hydrogens (tertiary/aromatic N) is 1. The molecule has 1 fully saturated rings. The lowest BCUT2D eigenvalue weighted by Gasteiger charge is -2.14. The van der Waals surface area contributed by atoms with E-state index in [4.69, 9.17) is 35.9 Å². The summed E-state index contributed by atoms with van der Waals surface area (Å²) in [7, 11) is 4.67. The topological polar surface area (TPSA) is 276 Å². The molecule has 0 bridgehead atoms. The van der Waals surface area contributed by atoms with Crippen LogP contribution in [0.1, 0.15) is 89.9 Å². The number of rotatable bonds is 25. The molecule has 0 aromatic rings. The van der Waals surface area contributed by atoms with Crippen LogP contribution in [0.5, 0.6) is 0 Å². The van der Waals surface area contributed by atoms with Crippen LogP contribution in [0.2, 0.25) is 0 Å². The Labute approximate surface area is 287 Å². The maximum atomic E-state index is 11.6. The number of aliphatic carboxylic acids is 2. The van der Waals surface area contributed by atoms with Gasteiger partial charge in [0.1, 0.15) is 12.1 Å². The fourth-order valence-corrected chi connectivity index (χ4v) is 3.87. The van der Waals surface area contributed by atoms with Gasteiger partial charge in [0.15, 0.2) is 0 Å². The molecule has 2 atom stereocenters. The minimum absolute atomic E-state index is 0.0340. The summed E-state index contributed by atoms with van der Waals surface area (Å²) in [6, 6.07) is -1.61. The van der Waals surface area contributed by atoms with Crippen LogP contribution in [0, 0.1) is 0 Å². The van der Waals surface area contributed by atoms with E-state index < -0.39 is 41.8 Å². The van der Waals surface area contributed by atoms with Gasteiger partial charge in [0.2, 0.25) is 11.8 Å². The molecule has 0 saturated carbocycles. The Morgan fingerprint density at radius 3 is 1.73 bits per heavy atom. The van der Waals surface area contributed by atoms with Crippen LogP contribution in [0.15, 0.2) is 0 Å². The number of unbranched alkanes of at least 4 members (excludes halogenated alkanes) is 2. The number of amides is 4. The Bertz CT molecular complexity index is 968. The van der Waals surface area contributed by atoms with Gasteiger partial charge >= 0.3 is 17.9 Å². The van der Waals surface area contributed by atoms with Gasteiger partial charge in [0, 0.05) is 73.4 Å². The molecular weight excluding hydrogens is 650 g/mol. The quantitative estimate of drug-likeness (QED) is 0.0548. The lowest BCUT2D eigenvalue weighted by atomic mass is 10.1. The fraction of sp³-hybridized carbons (Fsp3) is 0.774. The summed E-state index contributed by atoms with van der Waals surface area (Å²) in [6.45, 7) is 2.57. The first-order valence-corrected chi connectivity index (χ1v) is 16.3. The second kappa shape index (κ2) is 31.6. The van der Waals surface area contributed by atoms with Gasteiger partial charge in [0.25, 0.3) is 11.8 Å². The van der Waals surface area contributed by atoms with Crippen molar-refractivity contribution < 1.29 is 62.8 Å². The summed E-state index contributed by atoms with van der Waals surface area (Å²) in [5, 5.41) is 23.3. The smallest absolute Gasteiger partial charge is 0.333 e. The Morgan fingerprint density at radius 1 is 0.735 bits per heavy atom. The van der Waals surface area contributed by atoms with Crippen molar-refractivity contribution in [3.05, 3.63) is 0 Å². The van der Waals surface area contributed by atoms with E-state index in [1.54, 1.807) is 14.2 Å². The molecule has 0 aromatic carbocycles. The van der Waals surface area contributed by atoms with Crippen molar-refractivity contribution >= 4 is 41.5 Å². The zero-order valence-electron chi connectivity index (χ0n) is 29.1. The first kappa shape index (κ1) is 47.4. The number of nitrogens with two attached hydrogens (primary N) is 2. The molecule has 1 rings (SSSR count). The number of imide groups is 1. The molecule has 0 aromatic heterocycles. The number of methoxy groups -OCH3 is 3. The molecule has 1 heterocycles. The number of hydroxylamine groups is 2. The van der Waals surface area contributed by atoms with Crippen molar-refractivity contribution in [2.24, 2.45) is 11.5 Å². The molecule has 0 radical (unpaired) electrons. The van der Waals surface area contributed by atoms with Gasteiger partial charge in [-0.1, -0.05) is 6.42 Å². The monoisotopic (exact) mass is 707 g/mol. The van der Waals surface area contributed by atoms with Crippen molar-refractivity contribution in [3.63, 3.8) is 0 Å². The molecule has 8 N–H and O–H groups in total. The molecule has 1 aliphatic heterocycles. The van der Waals surface area contributed by atoms with E-state index in [-0.39, 0.29) is 37.5 Å². The molecule has 18 heteroatoms. The van der Waals surface area contributed by atoms with E-state index in [2.05, 4.69) is 15.5 Å². The molecule has 1 saturated heterocycles. The van der Waals surface area contributed by atoms with Gasteiger partial charge in [-0.25, -0.2) is 9.59 Å². The van der Waals surface area contributed by atoms with E-state index in [0.29, 0.717) is 89.3 Å². The number of ether oxygens (including phenoxy) is 3. The van der Waals surface area contributed by atoms with Crippen LogP contribution >= 0.6 is 0 Å². The van der Waals surface area contributed by atoms with Gasteiger partial charge in [-0.2, -0.15) is 0 Å². The van der Waals surface area contributed by atoms with Crippen molar-refractivity contribution in [1.29, 1.82) is 0 Å². The third-order valence-electron chi connectivity index (χ3n) is 6.59. The third kappa shape index (κ3) is 27.9. The fourth-order valence-electron chi connectivity index (χ4n) is 3.87. The zero-order chi connectivity index (χ0) is 37.5. The van der Waals surface area contributed by atoms with Crippen LogP contribution in [0.4, 0.5) is 0 Å². The van der Waals surface area contributed by atoms with E-state index in [1.807, 2.05) is 0 Å². The minimum Gasteiger partial charge on any atom is -0.480 e. The molecule has 2 unspecified atom stereocenters. The van der Waals surface area contributed by atoms with Crippen LogP contribution in [0.25, 0.3) is 0 Å². The largest absolute Gasteiger partial charge is 0.480 e. The molecule has 49 heavy (non-hydrogen) atoms. The zero-order valence-corrected chi connectivity index (χ0v) is 29.1.